The van der Waals surface area contributed by atoms with Gasteiger partial charge >= 0.3 is 0 Å². The summed E-state index contributed by atoms with van der Waals surface area (Å²) in [5.74, 6) is 1.02. The number of hydrogen-bond acceptors (Lipinski definition) is 2. The molecule has 0 bridgehead atoms. The second kappa shape index (κ2) is 4.73. The molecule has 1 saturated carbocycles. The SMILES string of the molecule is CCN(CCCN)CC1CC1. The standard InChI is InChI=1S/C9H20N2/c1-2-11(7-3-6-10)8-9-4-5-9/h9H,2-8,10H2,1H3. The third-order valence-electron chi connectivity index (χ3n) is 2.34. The zero-order valence-corrected chi connectivity index (χ0v) is 7.55. The van der Waals surface area contributed by atoms with Crippen LogP contribution < -0.4 is 5.73 Å². The molecular weight excluding hydrogens is 136 g/mol. The fourth-order valence-electron chi connectivity index (χ4n) is 1.36. The van der Waals surface area contributed by atoms with Gasteiger partial charge in [-0.1, -0.05) is 6.92 Å². The molecule has 0 aromatic carbocycles. The molecular formula is C9H20N2. The van der Waals surface area contributed by atoms with Gasteiger partial charge < -0.3 is 10.6 Å². The highest BCUT2D eigenvalue weighted by Crippen LogP contribution is 2.29. The van der Waals surface area contributed by atoms with E-state index in [1.165, 1.54) is 32.5 Å². The monoisotopic (exact) mass is 156 g/mol. The predicted molar refractivity (Wildman–Crippen MR) is 48.5 cm³/mol. The molecule has 0 aromatic rings. The van der Waals surface area contributed by atoms with Crippen molar-refractivity contribution in [2.75, 3.05) is 26.2 Å². The van der Waals surface area contributed by atoms with Crippen molar-refractivity contribution in [3.8, 4) is 0 Å². The fraction of sp³-hybridized carbons (Fsp3) is 1.00. The smallest absolute Gasteiger partial charge is 0.000955 e. The van der Waals surface area contributed by atoms with E-state index in [0.29, 0.717) is 0 Å². The van der Waals surface area contributed by atoms with Gasteiger partial charge in [0.2, 0.25) is 0 Å². The zero-order chi connectivity index (χ0) is 8.10. The van der Waals surface area contributed by atoms with Crippen molar-refractivity contribution >= 4 is 0 Å². The third kappa shape index (κ3) is 3.73. The van der Waals surface area contributed by atoms with E-state index in [-0.39, 0.29) is 0 Å². The molecule has 0 amide bonds. The van der Waals surface area contributed by atoms with Gasteiger partial charge in [-0.15, -0.1) is 0 Å². The van der Waals surface area contributed by atoms with Crippen LogP contribution in [0.5, 0.6) is 0 Å². The Morgan fingerprint density at radius 2 is 2.18 bits per heavy atom. The Morgan fingerprint density at radius 3 is 2.64 bits per heavy atom. The summed E-state index contributed by atoms with van der Waals surface area (Å²) in [6.45, 7) is 6.77. The number of rotatable bonds is 6. The zero-order valence-electron chi connectivity index (χ0n) is 7.55. The molecule has 0 spiro atoms. The molecule has 0 heterocycles. The lowest BCUT2D eigenvalue weighted by Crippen LogP contribution is -2.28. The number of nitrogens with two attached hydrogens (primary N) is 1. The fourth-order valence-corrected chi connectivity index (χ4v) is 1.36. The Labute approximate surface area is 69.8 Å². The van der Waals surface area contributed by atoms with Gasteiger partial charge in [0.15, 0.2) is 0 Å². The van der Waals surface area contributed by atoms with E-state index >= 15 is 0 Å². The number of nitrogens with zero attached hydrogens (tertiary/aromatic N) is 1. The van der Waals surface area contributed by atoms with Gasteiger partial charge in [-0.25, -0.2) is 0 Å². The minimum Gasteiger partial charge on any atom is -0.330 e. The minimum absolute atomic E-state index is 0.834. The highest BCUT2D eigenvalue weighted by Gasteiger charge is 2.23. The Balaban J connectivity index is 2.02. The van der Waals surface area contributed by atoms with Crippen molar-refractivity contribution in [2.24, 2.45) is 11.7 Å². The van der Waals surface area contributed by atoms with E-state index in [2.05, 4.69) is 11.8 Å². The van der Waals surface area contributed by atoms with Crippen LogP contribution in [-0.4, -0.2) is 31.1 Å². The van der Waals surface area contributed by atoms with Crippen molar-refractivity contribution in [1.29, 1.82) is 0 Å². The van der Waals surface area contributed by atoms with E-state index in [4.69, 9.17) is 5.73 Å². The highest BCUT2D eigenvalue weighted by atomic mass is 15.1. The summed E-state index contributed by atoms with van der Waals surface area (Å²) in [6, 6.07) is 0. The molecule has 2 N–H and O–H groups in total. The minimum atomic E-state index is 0.834. The summed E-state index contributed by atoms with van der Waals surface area (Å²) >= 11 is 0. The van der Waals surface area contributed by atoms with E-state index in [1.54, 1.807) is 0 Å². The lowest BCUT2D eigenvalue weighted by molar-refractivity contribution is 0.275. The summed E-state index contributed by atoms with van der Waals surface area (Å²) in [4.78, 5) is 2.52. The van der Waals surface area contributed by atoms with Gasteiger partial charge in [0.05, 0.1) is 0 Å². The molecule has 0 radical (unpaired) electrons. The first kappa shape index (κ1) is 9.01. The first-order valence-corrected chi connectivity index (χ1v) is 4.79. The average Bonchev–Trinajstić information content (AvgIpc) is 2.81. The van der Waals surface area contributed by atoms with Crippen LogP contribution in [0.2, 0.25) is 0 Å². The first-order chi connectivity index (χ1) is 5.36. The van der Waals surface area contributed by atoms with Crippen LogP contribution in [0.3, 0.4) is 0 Å². The van der Waals surface area contributed by atoms with Crippen molar-refractivity contribution in [1.82, 2.24) is 4.90 Å². The number of hydrogen-bond donors (Lipinski definition) is 1. The van der Waals surface area contributed by atoms with Gasteiger partial charge in [-0.2, -0.15) is 0 Å². The Bertz CT molecular complexity index is 99.7. The molecule has 66 valence electrons. The summed E-state index contributed by atoms with van der Waals surface area (Å²) in [5, 5.41) is 0. The van der Waals surface area contributed by atoms with Crippen molar-refractivity contribution in [3.63, 3.8) is 0 Å². The topological polar surface area (TPSA) is 29.3 Å². The van der Waals surface area contributed by atoms with Gasteiger partial charge in [0.25, 0.3) is 0 Å². The second-order valence-corrected chi connectivity index (χ2v) is 3.48. The largest absolute Gasteiger partial charge is 0.330 e. The van der Waals surface area contributed by atoms with Crippen LogP contribution in [0, 0.1) is 5.92 Å². The normalized spacial score (nSPS) is 17.7. The van der Waals surface area contributed by atoms with Gasteiger partial charge in [0.1, 0.15) is 0 Å². The Hall–Kier alpha value is -0.0800. The Morgan fingerprint density at radius 1 is 1.45 bits per heavy atom. The van der Waals surface area contributed by atoms with Crippen LogP contribution in [0.25, 0.3) is 0 Å². The predicted octanol–water partition coefficient (Wildman–Crippen LogP) is 1.07. The third-order valence-corrected chi connectivity index (χ3v) is 2.34. The molecule has 0 aliphatic heterocycles. The summed E-state index contributed by atoms with van der Waals surface area (Å²) in [6.07, 6.45) is 4.07. The van der Waals surface area contributed by atoms with Crippen LogP contribution in [0.1, 0.15) is 26.2 Å². The molecule has 1 rings (SSSR count). The maximum atomic E-state index is 5.45. The quantitative estimate of drug-likeness (QED) is 0.623. The van der Waals surface area contributed by atoms with Gasteiger partial charge in [-0.05, 0) is 44.8 Å². The van der Waals surface area contributed by atoms with Crippen LogP contribution in [-0.2, 0) is 0 Å². The first-order valence-electron chi connectivity index (χ1n) is 4.79. The maximum Gasteiger partial charge on any atom is 0.000955 e. The van der Waals surface area contributed by atoms with E-state index < -0.39 is 0 Å². The molecule has 0 aromatic heterocycles. The van der Waals surface area contributed by atoms with Crippen LogP contribution in [0.4, 0.5) is 0 Å². The summed E-state index contributed by atoms with van der Waals surface area (Å²) in [5.41, 5.74) is 5.45. The summed E-state index contributed by atoms with van der Waals surface area (Å²) < 4.78 is 0. The maximum absolute atomic E-state index is 5.45. The average molecular weight is 156 g/mol. The molecule has 11 heavy (non-hydrogen) atoms. The second-order valence-electron chi connectivity index (χ2n) is 3.48. The highest BCUT2D eigenvalue weighted by molar-refractivity contribution is 4.76. The molecule has 2 heteroatoms. The molecule has 0 atom stereocenters. The molecule has 1 aliphatic carbocycles. The van der Waals surface area contributed by atoms with E-state index in [9.17, 15) is 0 Å². The van der Waals surface area contributed by atoms with Crippen molar-refractivity contribution < 1.29 is 0 Å². The molecule has 0 saturated heterocycles. The molecule has 1 aliphatic rings. The summed E-state index contributed by atoms with van der Waals surface area (Å²) in [7, 11) is 0. The molecule has 0 unspecified atom stereocenters. The lowest BCUT2D eigenvalue weighted by Gasteiger charge is -2.19. The van der Waals surface area contributed by atoms with E-state index in [1.807, 2.05) is 0 Å². The van der Waals surface area contributed by atoms with Gasteiger partial charge in [0, 0.05) is 6.54 Å². The van der Waals surface area contributed by atoms with Crippen LogP contribution in [0.15, 0.2) is 0 Å². The van der Waals surface area contributed by atoms with Crippen LogP contribution >= 0.6 is 0 Å². The van der Waals surface area contributed by atoms with E-state index in [0.717, 1.165) is 18.9 Å². The van der Waals surface area contributed by atoms with Crippen molar-refractivity contribution in [3.05, 3.63) is 0 Å². The van der Waals surface area contributed by atoms with Gasteiger partial charge in [-0.3, -0.25) is 0 Å². The van der Waals surface area contributed by atoms with Crippen molar-refractivity contribution in [2.45, 2.75) is 26.2 Å². The molecule has 2 nitrogen and oxygen atoms in total. The Kier molecular flexibility index (Phi) is 3.87. The lowest BCUT2D eigenvalue weighted by atomic mass is 10.3. The molecule has 1 fully saturated rings.